The van der Waals surface area contributed by atoms with Gasteiger partial charge in [-0.05, 0) is 43.3 Å². The van der Waals surface area contributed by atoms with Gasteiger partial charge in [0.25, 0.3) is 5.91 Å². The third-order valence-corrected chi connectivity index (χ3v) is 5.06. The van der Waals surface area contributed by atoms with Crippen molar-refractivity contribution in [2.75, 3.05) is 13.2 Å². The van der Waals surface area contributed by atoms with Crippen LogP contribution in [0.5, 0.6) is 0 Å². The number of nitrogens with zero attached hydrogens (tertiary/aromatic N) is 2. The molecule has 0 aliphatic heterocycles. The highest BCUT2D eigenvalue weighted by Crippen LogP contribution is 2.24. The number of rotatable bonds is 6. The molecule has 1 aromatic carbocycles. The van der Waals surface area contributed by atoms with Gasteiger partial charge in [0, 0.05) is 29.1 Å². The Morgan fingerprint density at radius 3 is 2.80 bits per heavy atom. The molecule has 0 unspecified atom stereocenters. The molecule has 130 valence electrons. The zero-order chi connectivity index (χ0) is 17.8. The second-order valence-corrected chi connectivity index (χ2v) is 7.20. The Balaban J connectivity index is 2.01. The predicted molar refractivity (Wildman–Crippen MR) is 102 cm³/mol. The molecule has 0 radical (unpaired) electrons. The summed E-state index contributed by atoms with van der Waals surface area (Å²) in [6.45, 7) is 5.09. The molecule has 4 nitrogen and oxygen atoms in total. The average molecular weight is 354 g/mol. The molecule has 0 aliphatic carbocycles. The quantitative estimate of drug-likeness (QED) is 0.729. The summed E-state index contributed by atoms with van der Waals surface area (Å²) in [7, 11) is 0. The molecule has 0 atom stereocenters. The molecule has 5 heteroatoms. The van der Waals surface area contributed by atoms with Crippen molar-refractivity contribution in [2.45, 2.75) is 26.8 Å². The second-order valence-electron chi connectivity index (χ2n) is 6.17. The molecule has 0 bridgehead atoms. The van der Waals surface area contributed by atoms with Gasteiger partial charge in [-0.1, -0.05) is 24.3 Å². The minimum absolute atomic E-state index is 0.0112. The van der Waals surface area contributed by atoms with Crippen molar-refractivity contribution in [1.82, 2.24) is 9.88 Å². The Morgan fingerprint density at radius 1 is 1.24 bits per heavy atom. The molecule has 0 spiro atoms. The third kappa shape index (κ3) is 3.89. The number of carbonyl (C=O) groups excluding carboxylic acids is 1. The standard InChI is InChI=1S/C20H22N2O2S/c1-14-6-3-8-17-18(12-15(2)21-19(14)17)20(24)22(9-5-10-23)13-16-7-4-11-25-16/h3-4,6-8,11-12,23H,5,9-10,13H2,1-2H3. The van der Waals surface area contributed by atoms with Gasteiger partial charge in [-0.2, -0.15) is 0 Å². The van der Waals surface area contributed by atoms with Crippen molar-refractivity contribution in [1.29, 1.82) is 0 Å². The van der Waals surface area contributed by atoms with E-state index in [0.717, 1.165) is 27.0 Å². The highest BCUT2D eigenvalue weighted by atomic mass is 32.1. The number of hydrogen-bond acceptors (Lipinski definition) is 4. The third-order valence-electron chi connectivity index (χ3n) is 4.20. The largest absolute Gasteiger partial charge is 0.396 e. The van der Waals surface area contributed by atoms with E-state index in [9.17, 15) is 9.90 Å². The number of aromatic nitrogens is 1. The molecule has 0 saturated heterocycles. The van der Waals surface area contributed by atoms with Crippen LogP contribution in [0.3, 0.4) is 0 Å². The Hall–Kier alpha value is -2.24. The number of para-hydroxylation sites is 1. The van der Waals surface area contributed by atoms with Crippen LogP contribution in [0.2, 0.25) is 0 Å². The van der Waals surface area contributed by atoms with Crippen molar-refractivity contribution in [3.8, 4) is 0 Å². The normalized spacial score (nSPS) is 11.0. The molecular weight excluding hydrogens is 332 g/mol. The van der Waals surface area contributed by atoms with Crippen molar-refractivity contribution in [2.24, 2.45) is 0 Å². The van der Waals surface area contributed by atoms with Crippen LogP contribution in [-0.4, -0.2) is 34.0 Å². The van der Waals surface area contributed by atoms with Crippen molar-refractivity contribution in [3.63, 3.8) is 0 Å². The number of amides is 1. The monoisotopic (exact) mass is 354 g/mol. The van der Waals surface area contributed by atoms with Gasteiger partial charge in [-0.25, -0.2) is 0 Å². The van der Waals surface area contributed by atoms with E-state index >= 15 is 0 Å². The number of aliphatic hydroxyl groups is 1. The van der Waals surface area contributed by atoms with Crippen LogP contribution < -0.4 is 0 Å². The van der Waals surface area contributed by atoms with Crippen molar-refractivity contribution < 1.29 is 9.90 Å². The van der Waals surface area contributed by atoms with Gasteiger partial charge in [0.15, 0.2) is 0 Å². The molecule has 0 fully saturated rings. The summed E-state index contributed by atoms with van der Waals surface area (Å²) >= 11 is 1.64. The Bertz CT molecular complexity index is 875. The average Bonchev–Trinajstić information content (AvgIpc) is 3.11. The number of benzene rings is 1. The maximum absolute atomic E-state index is 13.3. The van der Waals surface area contributed by atoms with Crippen LogP contribution >= 0.6 is 11.3 Å². The molecule has 0 aliphatic rings. The molecule has 1 amide bonds. The molecule has 2 aromatic heterocycles. The molecule has 25 heavy (non-hydrogen) atoms. The minimum Gasteiger partial charge on any atom is -0.396 e. The fraction of sp³-hybridized carbons (Fsp3) is 0.300. The number of aryl methyl sites for hydroxylation is 2. The number of pyridine rings is 1. The summed E-state index contributed by atoms with van der Waals surface area (Å²) in [6, 6.07) is 11.8. The van der Waals surface area contributed by atoms with Crippen LogP contribution in [0.15, 0.2) is 41.8 Å². The van der Waals surface area contributed by atoms with Crippen LogP contribution in [0.4, 0.5) is 0 Å². The summed E-state index contributed by atoms with van der Waals surface area (Å²) in [4.78, 5) is 20.8. The number of fused-ring (bicyclic) bond motifs is 1. The first-order valence-corrected chi connectivity index (χ1v) is 9.27. The van der Waals surface area contributed by atoms with Gasteiger partial charge in [0.2, 0.25) is 0 Å². The zero-order valence-electron chi connectivity index (χ0n) is 14.5. The van der Waals surface area contributed by atoms with E-state index in [1.54, 1.807) is 11.3 Å². The van der Waals surface area contributed by atoms with Crippen LogP contribution in [0.25, 0.3) is 10.9 Å². The first-order chi connectivity index (χ1) is 12.1. The van der Waals surface area contributed by atoms with E-state index in [2.05, 4.69) is 4.98 Å². The van der Waals surface area contributed by atoms with E-state index in [0.29, 0.717) is 25.1 Å². The van der Waals surface area contributed by atoms with E-state index in [1.807, 2.05) is 60.5 Å². The maximum atomic E-state index is 13.3. The Kier molecular flexibility index (Phi) is 5.46. The maximum Gasteiger partial charge on any atom is 0.254 e. The number of hydrogen-bond donors (Lipinski definition) is 1. The lowest BCUT2D eigenvalue weighted by atomic mass is 10.0. The highest BCUT2D eigenvalue weighted by Gasteiger charge is 2.20. The minimum atomic E-state index is -0.0112. The first kappa shape index (κ1) is 17.6. The fourth-order valence-electron chi connectivity index (χ4n) is 2.97. The summed E-state index contributed by atoms with van der Waals surface area (Å²) in [5, 5.41) is 12.1. The smallest absolute Gasteiger partial charge is 0.254 e. The van der Waals surface area contributed by atoms with Crippen molar-refractivity contribution >= 4 is 28.1 Å². The van der Waals surface area contributed by atoms with Crippen LogP contribution in [0.1, 0.15) is 32.9 Å². The van der Waals surface area contributed by atoms with Crippen LogP contribution in [0, 0.1) is 13.8 Å². The van der Waals surface area contributed by atoms with Crippen LogP contribution in [-0.2, 0) is 6.54 Å². The topological polar surface area (TPSA) is 53.4 Å². The Morgan fingerprint density at radius 2 is 2.08 bits per heavy atom. The van der Waals surface area contributed by atoms with E-state index in [-0.39, 0.29) is 12.5 Å². The highest BCUT2D eigenvalue weighted by molar-refractivity contribution is 7.09. The molecule has 3 rings (SSSR count). The SMILES string of the molecule is Cc1cc(C(=O)N(CCCO)Cc2cccs2)c2cccc(C)c2n1. The number of thiophene rings is 1. The fourth-order valence-corrected chi connectivity index (χ4v) is 3.69. The summed E-state index contributed by atoms with van der Waals surface area (Å²) in [6.07, 6.45) is 0.568. The predicted octanol–water partition coefficient (Wildman–Crippen LogP) is 3.94. The van der Waals surface area contributed by atoms with E-state index < -0.39 is 0 Å². The lowest BCUT2D eigenvalue weighted by Gasteiger charge is -2.23. The Labute approximate surface area is 151 Å². The summed E-state index contributed by atoms with van der Waals surface area (Å²) in [5.41, 5.74) is 3.46. The van der Waals surface area contributed by atoms with Gasteiger partial charge in [0.05, 0.1) is 17.6 Å². The van der Waals surface area contributed by atoms with Gasteiger partial charge >= 0.3 is 0 Å². The zero-order valence-corrected chi connectivity index (χ0v) is 15.3. The van der Waals surface area contributed by atoms with E-state index in [4.69, 9.17) is 0 Å². The lowest BCUT2D eigenvalue weighted by molar-refractivity contribution is 0.0735. The van der Waals surface area contributed by atoms with Gasteiger partial charge in [0.1, 0.15) is 0 Å². The molecule has 1 N–H and O–H groups in total. The van der Waals surface area contributed by atoms with Crippen molar-refractivity contribution in [3.05, 3.63) is 63.5 Å². The molecule has 0 saturated carbocycles. The number of aliphatic hydroxyl groups excluding tert-OH is 1. The van der Waals surface area contributed by atoms with Gasteiger partial charge < -0.3 is 10.0 Å². The summed E-state index contributed by atoms with van der Waals surface area (Å²) in [5.74, 6) is -0.0112. The summed E-state index contributed by atoms with van der Waals surface area (Å²) < 4.78 is 0. The lowest BCUT2D eigenvalue weighted by Crippen LogP contribution is -2.32. The first-order valence-electron chi connectivity index (χ1n) is 8.39. The second kappa shape index (κ2) is 7.76. The van der Waals surface area contributed by atoms with Gasteiger partial charge in [-0.3, -0.25) is 9.78 Å². The molecule has 3 aromatic rings. The van der Waals surface area contributed by atoms with E-state index in [1.165, 1.54) is 0 Å². The number of carbonyl (C=O) groups is 1. The van der Waals surface area contributed by atoms with Gasteiger partial charge in [-0.15, -0.1) is 11.3 Å². The molecule has 2 heterocycles. The molecular formula is C20H22N2O2S.